The largest absolute Gasteiger partial charge is 0.256 e. The standard InChI is InChI=1S/C28H25N/c1-2-3-4-8-20-9-7-11-22(19-20)28-27-16-15-24-23-12-6-5-10-21(23)13-14-25(24)26(27)17-18-29-28/h5-7,9-19H,2-4,8H2,1H3. The van der Waals surface area contributed by atoms with Crippen molar-refractivity contribution in [3.63, 3.8) is 0 Å². The Hall–Kier alpha value is -3.19. The quantitative estimate of drug-likeness (QED) is 0.224. The lowest BCUT2D eigenvalue weighted by Crippen LogP contribution is -1.90. The van der Waals surface area contributed by atoms with Crippen LogP contribution < -0.4 is 0 Å². The van der Waals surface area contributed by atoms with Crippen molar-refractivity contribution >= 4 is 32.3 Å². The lowest BCUT2D eigenvalue weighted by Gasteiger charge is -2.11. The van der Waals surface area contributed by atoms with E-state index in [4.69, 9.17) is 4.98 Å². The maximum absolute atomic E-state index is 4.78. The van der Waals surface area contributed by atoms with Gasteiger partial charge >= 0.3 is 0 Å². The summed E-state index contributed by atoms with van der Waals surface area (Å²) in [5, 5.41) is 7.69. The number of aromatic nitrogens is 1. The van der Waals surface area contributed by atoms with Crippen molar-refractivity contribution in [2.45, 2.75) is 32.6 Å². The summed E-state index contributed by atoms with van der Waals surface area (Å²) >= 11 is 0. The molecule has 29 heavy (non-hydrogen) atoms. The molecule has 0 N–H and O–H groups in total. The van der Waals surface area contributed by atoms with Gasteiger partial charge in [0.05, 0.1) is 5.69 Å². The van der Waals surface area contributed by atoms with Crippen molar-refractivity contribution in [1.82, 2.24) is 4.98 Å². The van der Waals surface area contributed by atoms with E-state index in [1.807, 2.05) is 6.20 Å². The van der Waals surface area contributed by atoms with Crippen LogP contribution in [0.15, 0.2) is 85.1 Å². The van der Waals surface area contributed by atoms with Gasteiger partial charge in [-0.25, -0.2) is 0 Å². The highest BCUT2D eigenvalue weighted by molar-refractivity contribution is 6.18. The summed E-state index contributed by atoms with van der Waals surface area (Å²) in [6, 6.07) is 28.7. The van der Waals surface area contributed by atoms with Crippen molar-refractivity contribution in [3.8, 4) is 11.3 Å². The minimum Gasteiger partial charge on any atom is -0.256 e. The summed E-state index contributed by atoms with van der Waals surface area (Å²) in [6.45, 7) is 2.25. The van der Waals surface area contributed by atoms with Crippen LogP contribution in [0.5, 0.6) is 0 Å². The van der Waals surface area contributed by atoms with Crippen LogP contribution in [0, 0.1) is 0 Å². The van der Waals surface area contributed by atoms with E-state index in [2.05, 4.69) is 85.8 Å². The maximum atomic E-state index is 4.78. The number of hydrogen-bond acceptors (Lipinski definition) is 1. The minimum absolute atomic E-state index is 1.08. The second-order valence-corrected chi connectivity index (χ2v) is 7.86. The van der Waals surface area contributed by atoms with Gasteiger partial charge in [0.15, 0.2) is 0 Å². The van der Waals surface area contributed by atoms with Crippen molar-refractivity contribution < 1.29 is 0 Å². The fourth-order valence-electron chi connectivity index (χ4n) is 4.44. The Morgan fingerprint density at radius 1 is 0.655 bits per heavy atom. The third-order valence-corrected chi connectivity index (χ3v) is 5.94. The van der Waals surface area contributed by atoms with Crippen LogP contribution in [0.4, 0.5) is 0 Å². The van der Waals surface area contributed by atoms with Gasteiger partial charge in [-0.2, -0.15) is 0 Å². The van der Waals surface area contributed by atoms with Crippen molar-refractivity contribution in [2.75, 3.05) is 0 Å². The molecule has 0 fully saturated rings. The smallest absolute Gasteiger partial charge is 0.0780 e. The SMILES string of the molecule is CCCCCc1cccc(-c2nccc3c2ccc2c4ccccc4ccc32)c1. The Bertz CT molecular complexity index is 1320. The van der Waals surface area contributed by atoms with Crippen LogP contribution in [0.3, 0.4) is 0 Å². The van der Waals surface area contributed by atoms with Gasteiger partial charge in [-0.3, -0.25) is 4.98 Å². The molecule has 0 saturated carbocycles. The normalized spacial score (nSPS) is 11.5. The van der Waals surface area contributed by atoms with Gasteiger partial charge in [0, 0.05) is 17.1 Å². The van der Waals surface area contributed by atoms with Gasteiger partial charge in [0.25, 0.3) is 0 Å². The van der Waals surface area contributed by atoms with Crippen molar-refractivity contribution in [1.29, 1.82) is 0 Å². The highest BCUT2D eigenvalue weighted by Gasteiger charge is 2.10. The summed E-state index contributed by atoms with van der Waals surface area (Å²) in [5.41, 5.74) is 3.70. The Labute approximate surface area is 172 Å². The molecule has 0 aliphatic carbocycles. The number of rotatable bonds is 5. The fraction of sp³-hybridized carbons (Fsp3) is 0.179. The predicted molar refractivity (Wildman–Crippen MR) is 125 cm³/mol. The first kappa shape index (κ1) is 17.9. The van der Waals surface area contributed by atoms with Crippen LogP contribution in [-0.4, -0.2) is 4.98 Å². The van der Waals surface area contributed by atoms with Gasteiger partial charge in [-0.15, -0.1) is 0 Å². The van der Waals surface area contributed by atoms with Gasteiger partial charge < -0.3 is 0 Å². The first-order chi connectivity index (χ1) is 14.3. The van der Waals surface area contributed by atoms with Crippen molar-refractivity contribution in [3.05, 3.63) is 90.6 Å². The third-order valence-electron chi connectivity index (χ3n) is 5.94. The topological polar surface area (TPSA) is 12.9 Å². The number of benzene rings is 4. The average Bonchev–Trinajstić information content (AvgIpc) is 2.78. The molecule has 0 saturated heterocycles. The molecule has 0 radical (unpaired) electrons. The molecular weight excluding hydrogens is 350 g/mol. The van der Waals surface area contributed by atoms with Gasteiger partial charge in [-0.1, -0.05) is 86.5 Å². The predicted octanol–water partition coefficient (Wildman–Crippen LogP) is 7.94. The molecule has 5 aromatic rings. The second-order valence-electron chi connectivity index (χ2n) is 7.86. The molecule has 0 spiro atoms. The summed E-state index contributed by atoms with van der Waals surface area (Å²) in [7, 11) is 0. The summed E-state index contributed by atoms with van der Waals surface area (Å²) in [6.07, 6.45) is 6.89. The van der Waals surface area contributed by atoms with Crippen LogP contribution in [0.25, 0.3) is 43.6 Å². The van der Waals surface area contributed by atoms with Gasteiger partial charge in [0.2, 0.25) is 0 Å². The first-order valence-corrected chi connectivity index (χ1v) is 10.6. The Morgan fingerprint density at radius 2 is 1.45 bits per heavy atom. The number of fused-ring (bicyclic) bond motifs is 5. The molecule has 0 atom stereocenters. The molecule has 0 aliphatic rings. The Balaban J connectivity index is 1.67. The van der Waals surface area contributed by atoms with Crippen LogP contribution in [0.1, 0.15) is 31.7 Å². The summed E-state index contributed by atoms with van der Waals surface area (Å²) < 4.78 is 0. The molecule has 1 heteroatoms. The van der Waals surface area contributed by atoms with E-state index >= 15 is 0 Å². The average molecular weight is 376 g/mol. The Kier molecular flexibility index (Phi) is 4.73. The van der Waals surface area contributed by atoms with Crippen molar-refractivity contribution in [2.24, 2.45) is 0 Å². The molecule has 0 bridgehead atoms. The molecular formula is C28H25N. The van der Waals surface area contributed by atoms with Crippen LogP contribution >= 0.6 is 0 Å². The third kappa shape index (κ3) is 3.27. The molecule has 1 nitrogen and oxygen atoms in total. The van der Waals surface area contributed by atoms with E-state index < -0.39 is 0 Å². The number of aryl methyl sites for hydroxylation is 1. The fourth-order valence-corrected chi connectivity index (χ4v) is 4.44. The number of nitrogens with zero attached hydrogens (tertiary/aromatic N) is 1. The van der Waals surface area contributed by atoms with Crippen LogP contribution in [0.2, 0.25) is 0 Å². The summed E-state index contributed by atoms with van der Waals surface area (Å²) in [4.78, 5) is 4.78. The monoisotopic (exact) mass is 375 g/mol. The second kappa shape index (κ2) is 7.67. The molecule has 0 unspecified atom stereocenters. The van der Waals surface area contributed by atoms with E-state index in [9.17, 15) is 0 Å². The number of hydrogen-bond donors (Lipinski definition) is 0. The highest BCUT2D eigenvalue weighted by atomic mass is 14.7. The zero-order valence-corrected chi connectivity index (χ0v) is 16.9. The van der Waals surface area contributed by atoms with E-state index in [0.717, 1.165) is 12.1 Å². The molecule has 142 valence electrons. The molecule has 1 heterocycles. The lowest BCUT2D eigenvalue weighted by molar-refractivity contribution is 0.717. The zero-order chi connectivity index (χ0) is 19.6. The van der Waals surface area contributed by atoms with E-state index in [0.29, 0.717) is 0 Å². The van der Waals surface area contributed by atoms with E-state index in [1.54, 1.807) is 0 Å². The van der Waals surface area contributed by atoms with E-state index in [-0.39, 0.29) is 0 Å². The molecule has 0 amide bonds. The molecule has 4 aromatic carbocycles. The first-order valence-electron chi connectivity index (χ1n) is 10.6. The number of unbranched alkanes of at least 4 members (excludes halogenated alkanes) is 2. The zero-order valence-electron chi connectivity index (χ0n) is 16.9. The maximum Gasteiger partial charge on any atom is 0.0780 e. The van der Waals surface area contributed by atoms with Crippen LogP contribution in [-0.2, 0) is 6.42 Å². The van der Waals surface area contributed by atoms with Gasteiger partial charge in [-0.05, 0) is 57.5 Å². The number of pyridine rings is 1. The minimum atomic E-state index is 1.08. The molecule has 0 aliphatic heterocycles. The summed E-state index contributed by atoms with van der Waals surface area (Å²) in [5.74, 6) is 0. The Morgan fingerprint density at radius 3 is 2.38 bits per heavy atom. The highest BCUT2D eigenvalue weighted by Crippen LogP contribution is 2.35. The van der Waals surface area contributed by atoms with E-state index in [1.165, 1.54) is 62.7 Å². The van der Waals surface area contributed by atoms with Gasteiger partial charge in [0.1, 0.15) is 0 Å². The molecule has 1 aromatic heterocycles. The molecule has 5 rings (SSSR count). The lowest BCUT2D eigenvalue weighted by atomic mass is 9.95.